The van der Waals surface area contributed by atoms with Crippen LogP contribution in [-0.2, 0) is 9.59 Å². The van der Waals surface area contributed by atoms with E-state index in [0.29, 0.717) is 35.9 Å². The molecule has 0 aliphatic carbocycles. The summed E-state index contributed by atoms with van der Waals surface area (Å²) < 4.78 is 11.4. The number of carbonyl (C=O) groups excluding carboxylic acids is 3. The Labute approximate surface area is 243 Å². The van der Waals surface area contributed by atoms with Crippen molar-refractivity contribution in [2.24, 2.45) is 5.10 Å². The number of amides is 3. The van der Waals surface area contributed by atoms with Crippen LogP contribution in [-0.4, -0.2) is 42.4 Å². The molecule has 0 saturated heterocycles. The highest BCUT2D eigenvalue weighted by Gasteiger charge is 2.54. The Balaban J connectivity index is 1.34. The molecule has 212 valence electrons. The lowest BCUT2D eigenvalue weighted by atomic mass is 10.1. The van der Waals surface area contributed by atoms with Crippen LogP contribution >= 0.6 is 0 Å². The Kier molecular flexibility index (Phi) is 8.43. The molecule has 0 fully saturated rings. The number of hydrogen-bond acceptors (Lipinski definition) is 7. The molecule has 1 heterocycles. The van der Waals surface area contributed by atoms with E-state index in [2.05, 4.69) is 21.1 Å². The normalized spacial score (nSPS) is 15.9. The molecule has 0 aromatic heterocycles. The van der Waals surface area contributed by atoms with E-state index in [-0.39, 0.29) is 5.84 Å². The van der Waals surface area contributed by atoms with E-state index >= 15 is 0 Å². The van der Waals surface area contributed by atoms with Gasteiger partial charge in [0.2, 0.25) is 5.91 Å². The van der Waals surface area contributed by atoms with Crippen LogP contribution in [0.25, 0.3) is 0 Å². The minimum atomic E-state index is -1.87. The van der Waals surface area contributed by atoms with Gasteiger partial charge in [-0.05, 0) is 60.7 Å². The fourth-order valence-electron chi connectivity index (χ4n) is 4.32. The van der Waals surface area contributed by atoms with Gasteiger partial charge in [0.05, 0.1) is 5.69 Å². The second-order valence-corrected chi connectivity index (χ2v) is 9.31. The van der Waals surface area contributed by atoms with E-state index in [1.165, 1.54) is 6.92 Å². The molecule has 0 radical (unpaired) electrons. The topological polar surface area (TPSA) is 121 Å². The standard InChI is InChI=1S/C32H29N5O5/c1-23(38)34-32(35-25-11-5-2-6-12-25)30(36-37(31(32)40)26-13-7-3-8-14-26)33-29(39)24-17-19-28(20-18-24)42-22-21-41-27-15-9-4-10-16-27/h2-20,35H,21-22H2,1H3,(H,34,38)(H,33,36,39). The predicted molar refractivity (Wildman–Crippen MR) is 159 cm³/mol. The fraction of sp³-hybridized carbons (Fsp3) is 0.125. The SMILES string of the molecule is CC(=O)NC1(Nc2ccccc2)C(=O)N(c2ccccc2)N=C1NC(=O)c1ccc(OCCOc2ccccc2)cc1. The van der Waals surface area contributed by atoms with Gasteiger partial charge in [0.15, 0.2) is 5.84 Å². The largest absolute Gasteiger partial charge is 0.490 e. The Morgan fingerprint density at radius 2 is 1.31 bits per heavy atom. The molecule has 4 aromatic carbocycles. The monoisotopic (exact) mass is 563 g/mol. The van der Waals surface area contributed by atoms with Gasteiger partial charge in [0.1, 0.15) is 24.7 Å². The number of nitrogens with one attached hydrogen (secondary N) is 3. The van der Waals surface area contributed by atoms with Crippen LogP contribution in [0.1, 0.15) is 17.3 Å². The number of hydrogen-bond donors (Lipinski definition) is 3. The number of anilines is 2. The highest BCUT2D eigenvalue weighted by atomic mass is 16.5. The number of amidine groups is 1. The molecule has 0 saturated carbocycles. The molecule has 1 unspecified atom stereocenters. The van der Waals surface area contributed by atoms with Gasteiger partial charge >= 0.3 is 5.91 Å². The van der Waals surface area contributed by atoms with Gasteiger partial charge in [-0.15, -0.1) is 5.10 Å². The van der Waals surface area contributed by atoms with Gasteiger partial charge in [-0.25, -0.2) is 0 Å². The number of benzene rings is 4. The first-order valence-corrected chi connectivity index (χ1v) is 13.3. The zero-order valence-corrected chi connectivity index (χ0v) is 22.8. The molecule has 10 nitrogen and oxygen atoms in total. The number of ether oxygens (including phenoxy) is 2. The smallest absolute Gasteiger partial charge is 0.302 e. The Morgan fingerprint density at radius 1 is 0.762 bits per heavy atom. The molecule has 0 spiro atoms. The number of carbonyl (C=O) groups is 3. The van der Waals surface area contributed by atoms with Crippen molar-refractivity contribution >= 4 is 34.9 Å². The van der Waals surface area contributed by atoms with Crippen molar-refractivity contribution in [2.45, 2.75) is 12.6 Å². The summed E-state index contributed by atoms with van der Waals surface area (Å²) in [7, 11) is 0. The quantitative estimate of drug-likeness (QED) is 0.197. The summed E-state index contributed by atoms with van der Waals surface area (Å²) in [4.78, 5) is 39.7. The third kappa shape index (κ3) is 6.39. The molecule has 1 atom stereocenters. The maximum absolute atomic E-state index is 13.9. The second-order valence-electron chi connectivity index (χ2n) is 9.31. The lowest BCUT2D eigenvalue weighted by Crippen LogP contribution is -2.67. The number of hydrazone groups is 1. The summed E-state index contributed by atoms with van der Waals surface area (Å²) in [5.41, 5.74) is -0.573. The van der Waals surface area contributed by atoms with Gasteiger partial charge in [-0.1, -0.05) is 54.6 Å². The van der Waals surface area contributed by atoms with E-state index in [1.807, 2.05) is 42.5 Å². The molecule has 3 amide bonds. The van der Waals surface area contributed by atoms with E-state index in [0.717, 1.165) is 10.8 Å². The Bertz CT molecular complexity index is 1560. The minimum Gasteiger partial charge on any atom is -0.490 e. The molecule has 4 aromatic rings. The van der Waals surface area contributed by atoms with E-state index in [4.69, 9.17) is 9.47 Å². The number of para-hydroxylation sites is 3. The van der Waals surface area contributed by atoms with Gasteiger partial charge < -0.3 is 25.4 Å². The van der Waals surface area contributed by atoms with Gasteiger partial charge in [0, 0.05) is 18.2 Å². The van der Waals surface area contributed by atoms with Crippen molar-refractivity contribution in [3.8, 4) is 11.5 Å². The molecule has 5 rings (SSSR count). The van der Waals surface area contributed by atoms with E-state index in [1.54, 1.807) is 72.8 Å². The fourth-order valence-corrected chi connectivity index (χ4v) is 4.32. The lowest BCUT2D eigenvalue weighted by molar-refractivity contribution is -0.127. The van der Waals surface area contributed by atoms with Crippen molar-refractivity contribution < 1.29 is 23.9 Å². The van der Waals surface area contributed by atoms with Crippen LogP contribution < -0.4 is 30.4 Å². The van der Waals surface area contributed by atoms with Crippen molar-refractivity contribution in [1.29, 1.82) is 0 Å². The summed E-state index contributed by atoms with van der Waals surface area (Å²) in [6.07, 6.45) is 0. The molecule has 10 heteroatoms. The number of rotatable bonds is 10. The molecular weight excluding hydrogens is 534 g/mol. The van der Waals surface area contributed by atoms with Crippen molar-refractivity contribution in [3.05, 3.63) is 121 Å². The average molecular weight is 564 g/mol. The van der Waals surface area contributed by atoms with Crippen molar-refractivity contribution in [3.63, 3.8) is 0 Å². The Hall–Kier alpha value is -5.64. The zero-order chi connectivity index (χ0) is 29.4. The predicted octanol–water partition coefficient (Wildman–Crippen LogP) is 4.18. The second kappa shape index (κ2) is 12.7. The summed E-state index contributed by atoms with van der Waals surface area (Å²) >= 11 is 0. The third-order valence-corrected chi connectivity index (χ3v) is 6.25. The molecule has 1 aliphatic rings. The van der Waals surface area contributed by atoms with Crippen molar-refractivity contribution in [2.75, 3.05) is 23.5 Å². The molecule has 3 N–H and O–H groups in total. The summed E-state index contributed by atoms with van der Waals surface area (Å²) in [6, 6.07) is 33.6. The summed E-state index contributed by atoms with van der Waals surface area (Å²) in [5.74, 6) is -0.390. The molecule has 1 aliphatic heterocycles. The number of nitrogens with zero attached hydrogens (tertiary/aromatic N) is 2. The van der Waals surface area contributed by atoms with Crippen LogP contribution in [0.15, 0.2) is 120 Å². The van der Waals surface area contributed by atoms with Crippen LogP contribution in [0.4, 0.5) is 11.4 Å². The maximum atomic E-state index is 13.9. The first kappa shape index (κ1) is 27.9. The van der Waals surface area contributed by atoms with Gasteiger partial charge in [-0.2, -0.15) is 5.01 Å². The van der Waals surface area contributed by atoms with Crippen LogP contribution in [0.2, 0.25) is 0 Å². The average Bonchev–Trinajstić information content (AvgIpc) is 3.26. The van der Waals surface area contributed by atoms with E-state index in [9.17, 15) is 14.4 Å². The molecule has 0 bridgehead atoms. The first-order chi connectivity index (χ1) is 20.4. The van der Waals surface area contributed by atoms with Crippen molar-refractivity contribution in [1.82, 2.24) is 10.6 Å². The molecule has 42 heavy (non-hydrogen) atoms. The van der Waals surface area contributed by atoms with Gasteiger partial charge in [-0.3, -0.25) is 14.4 Å². The minimum absolute atomic E-state index is 0.0845. The summed E-state index contributed by atoms with van der Waals surface area (Å²) in [5, 5.41) is 14.1. The zero-order valence-electron chi connectivity index (χ0n) is 22.8. The lowest BCUT2D eigenvalue weighted by Gasteiger charge is -2.31. The molecular formula is C32H29N5O5. The van der Waals surface area contributed by atoms with Crippen LogP contribution in [0.5, 0.6) is 11.5 Å². The highest BCUT2D eigenvalue weighted by molar-refractivity contribution is 6.28. The van der Waals surface area contributed by atoms with Crippen LogP contribution in [0.3, 0.4) is 0 Å². The van der Waals surface area contributed by atoms with E-state index < -0.39 is 23.4 Å². The van der Waals surface area contributed by atoms with Gasteiger partial charge in [0.25, 0.3) is 11.6 Å². The summed E-state index contributed by atoms with van der Waals surface area (Å²) in [6.45, 7) is 1.96. The maximum Gasteiger partial charge on any atom is 0.302 e. The third-order valence-electron chi connectivity index (χ3n) is 6.25. The van der Waals surface area contributed by atoms with Crippen LogP contribution in [0, 0.1) is 0 Å². The first-order valence-electron chi connectivity index (χ1n) is 13.3. The highest BCUT2D eigenvalue weighted by Crippen LogP contribution is 2.28. The Morgan fingerprint density at radius 3 is 1.90 bits per heavy atom.